The fraction of sp³-hybridized carbons (Fsp3) is 0.214. The van der Waals surface area contributed by atoms with E-state index in [9.17, 15) is 0 Å². The lowest BCUT2D eigenvalue weighted by molar-refractivity contribution is 0.867. The van der Waals surface area contributed by atoms with Crippen molar-refractivity contribution in [3.05, 3.63) is 52.8 Å². The Labute approximate surface area is 101 Å². The lowest BCUT2D eigenvalue weighted by Gasteiger charge is -2.07. The van der Waals surface area contributed by atoms with Crippen molar-refractivity contribution in [1.29, 1.82) is 0 Å². The minimum atomic E-state index is 0.569. The minimum absolute atomic E-state index is 0.569. The van der Waals surface area contributed by atoms with E-state index in [0.717, 1.165) is 10.2 Å². The predicted molar refractivity (Wildman–Crippen MR) is 71.2 cm³/mol. The molecule has 0 bridgehead atoms. The molecule has 0 saturated carbocycles. The third kappa shape index (κ3) is 2.22. The van der Waals surface area contributed by atoms with Gasteiger partial charge in [-0.1, -0.05) is 50.3 Å². The number of pyridine rings is 1. The van der Waals surface area contributed by atoms with E-state index in [1.54, 1.807) is 0 Å². The number of H-pyrrole nitrogens is 1. The molecular formula is C14H15NS. The normalized spacial score (nSPS) is 10.7. The summed E-state index contributed by atoms with van der Waals surface area (Å²) >= 11 is 5.26. The Morgan fingerprint density at radius 3 is 2.31 bits per heavy atom. The average molecular weight is 229 g/mol. The molecule has 0 spiro atoms. The van der Waals surface area contributed by atoms with Gasteiger partial charge in [-0.2, -0.15) is 0 Å². The molecule has 1 nitrogen and oxygen atoms in total. The molecule has 0 unspecified atom stereocenters. The van der Waals surface area contributed by atoms with Gasteiger partial charge in [-0.05, 0) is 29.2 Å². The van der Waals surface area contributed by atoms with Crippen LogP contribution < -0.4 is 0 Å². The van der Waals surface area contributed by atoms with Gasteiger partial charge in [-0.3, -0.25) is 0 Å². The highest BCUT2D eigenvalue weighted by Crippen LogP contribution is 2.22. The molecule has 0 aliphatic heterocycles. The maximum Gasteiger partial charge on any atom is 0.111 e. The first-order chi connectivity index (χ1) is 7.68. The minimum Gasteiger partial charge on any atom is -0.352 e. The van der Waals surface area contributed by atoms with Crippen LogP contribution >= 0.6 is 12.2 Å². The molecule has 82 valence electrons. The number of nitrogens with one attached hydrogen (secondary N) is 1. The van der Waals surface area contributed by atoms with Gasteiger partial charge < -0.3 is 4.98 Å². The molecular weight excluding hydrogens is 214 g/mol. The summed E-state index contributed by atoms with van der Waals surface area (Å²) in [5.41, 5.74) is 3.62. The Bertz CT molecular complexity index is 523. The number of aromatic amines is 1. The van der Waals surface area contributed by atoms with E-state index in [0.29, 0.717) is 5.92 Å². The maximum absolute atomic E-state index is 5.26. The molecule has 0 saturated heterocycles. The molecule has 2 rings (SSSR count). The topological polar surface area (TPSA) is 15.8 Å². The zero-order valence-electron chi connectivity index (χ0n) is 9.53. The molecule has 2 heteroatoms. The Balaban J connectivity index is 2.43. The van der Waals surface area contributed by atoms with Crippen LogP contribution in [-0.2, 0) is 0 Å². The van der Waals surface area contributed by atoms with E-state index in [1.165, 1.54) is 11.1 Å². The van der Waals surface area contributed by atoms with Crippen molar-refractivity contribution in [3.8, 4) is 11.1 Å². The molecule has 1 aromatic carbocycles. The lowest BCUT2D eigenvalue weighted by atomic mass is 10.00. The summed E-state index contributed by atoms with van der Waals surface area (Å²) in [6, 6.07) is 12.6. The van der Waals surface area contributed by atoms with E-state index in [2.05, 4.69) is 43.1 Å². The third-order valence-corrected chi connectivity index (χ3v) is 3.04. The van der Waals surface area contributed by atoms with Crippen LogP contribution in [0.5, 0.6) is 0 Å². The third-order valence-electron chi connectivity index (χ3n) is 2.71. The van der Waals surface area contributed by atoms with Gasteiger partial charge in [0.2, 0.25) is 0 Å². The van der Waals surface area contributed by atoms with Crippen molar-refractivity contribution in [3.63, 3.8) is 0 Å². The van der Waals surface area contributed by atoms with Gasteiger partial charge in [-0.15, -0.1) is 0 Å². The molecule has 0 amide bonds. The quantitative estimate of drug-likeness (QED) is 0.748. The van der Waals surface area contributed by atoms with Crippen molar-refractivity contribution in [2.45, 2.75) is 19.8 Å². The monoisotopic (exact) mass is 229 g/mol. The molecule has 0 radical (unpaired) electrons. The number of aromatic nitrogens is 1. The standard InChI is InChI=1S/C14H15NS/c1-10(2)11-5-7-12(8-6-11)13-4-3-9-15-14(13)16/h3-10H,1-2H3,(H,15,16). The van der Waals surface area contributed by atoms with Crippen LogP contribution in [0.25, 0.3) is 11.1 Å². The van der Waals surface area contributed by atoms with Gasteiger partial charge in [0.1, 0.15) is 4.64 Å². The van der Waals surface area contributed by atoms with E-state index in [4.69, 9.17) is 12.2 Å². The zero-order chi connectivity index (χ0) is 11.5. The van der Waals surface area contributed by atoms with E-state index in [-0.39, 0.29) is 0 Å². The molecule has 1 N–H and O–H groups in total. The van der Waals surface area contributed by atoms with E-state index >= 15 is 0 Å². The van der Waals surface area contributed by atoms with Crippen LogP contribution in [0.15, 0.2) is 42.6 Å². The molecule has 0 aliphatic rings. The first-order valence-corrected chi connectivity index (χ1v) is 5.87. The van der Waals surface area contributed by atoms with Gasteiger partial charge in [0.05, 0.1) is 0 Å². The molecule has 0 fully saturated rings. The summed E-state index contributed by atoms with van der Waals surface area (Å²) in [6.07, 6.45) is 1.86. The van der Waals surface area contributed by atoms with Crippen molar-refractivity contribution in [2.24, 2.45) is 0 Å². The van der Waals surface area contributed by atoms with E-state index in [1.807, 2.05) is 18.3 Å². The molecule has 1 aromatic heterocycles. The number of hydrogen-bond donors (Lipinski definition) is 1. The Kier molecular flexibility index (Phi) is 3.20. The first-order valence-electron chi connectivity index (χ1n) is 5.46. The van der Waals surface area contributed by atoms with Crippen LogP contribution in [0.4, 0.5) is 0 Å². The largest absolute Gasteiger partial charge is 0.352 e. The Hall–Kier alpha value is -1.41. The van der Waals surface area contributed by atoms with Crippen molar-refractivity contribution < 1.29 is 0 Å². The summed E-state index contributed by atoms with van der Waals surface area (Å²) in [4.78, 5) is 3.05. The van der Waals surface area contributed by atoms with Gasteiger partial charge in [0, 0.05) is 11.8 Å². The van der Waals surface area contributed by atoms with Crippen molar-refractivity contribution >= 4 is 12.2 Å². The zero-order valence-corrected chi connectivity index (χ0v) is 10.3. The highest BCUT2D eigenvalue weighted by atomic mass is 32.1. The second-order valence-corrected chi connectivity index (χ2v) is 4.60. The highest BCUT2D eigenvalue weighted by molar-refractivity contribution is 7.71. The first kappa shape index (κ1) is 11.1. The summed E-state index contributed by atoms with van der Waals surface area (Å²) < 4.78 is 0.791. The molecule has 2 aromatic rings. The number of hydrogen-bond acceptors (Lipinski definition) is 1. The van der Waals surface area contributed by atoms with Gasteiger partial charge in [0.25, 0.3) is 0 Å². The second-order valence-electron chi connectivity index (χ2n) is 4.19. The predicted octanol–water partition coefficient (Wildman–Crippen LogP) is 4.53. The SMILES string of the molecule is CC(C)c1ccc(-c2ccc[nH]c2=S)cc1. The van der Waals surface area contributed by atoms with Crippen molar-refractivity contribution in [2.75, 3.05) is 0 Å². The van der Waals surface area contributed by atoms with Crippen molar-refractivity contribution in [1.82, 2.24) is 4.98 Å². The molecule has 0 aliphatic carbocycles. The van der Waals surface area contributed by atoms with Crippen LogP contribution in [-0.4, -0.2) is 4.98 Å². The highest BCUT2D eigenvalue weighted by Gasteiger charge is 2.01. The average Bonchev–Trinajstić information content (AvgIpc) is 2.30. The summed E-state index contributed by atoms with van der Waals surface area (Å²) in [7, 11) is 0. The number of benzene rings is 1. The molecule has 0 atom stereocenters. The fourth-order valence-corrected chi connectivity index (χ4v) is 1.95. The van der Waals surface area contributed by atoms with Crippen LogP contribution in [0, 0.1) is 4.64 Å². The van der Waals surface area contributed by atoms with Gasteiger partial charge in [-0.25, -0.2) is 0 Å². The molecule has 16 heavy (non-hydrogen) atoms. The number of rotatable bonds is 2. The Morgan fingerprint density at radius 1 is 1.06 bits per heavy atom. The fourth-order valence-electron chi connectivity index (χ4n) is 1.70. The molecule has 1 heterocycles. The van der Waals surface area contributed by atoms with Gasteiger partial charge >= 0.3 is 0 Å². The van der Waals surface area contributed by atoms with Gasteiger partial charge in [0.15, 0.2) is 0 Å². The Morgan fingerprint density at radius 2 is 1.75 bits per heavy atom. The lowest BCUT2D eigenvalue weighted by Crippen LogP contribution is -1.87. The van der Waals surface area contributed by atoms with Crippen LogP contribution in [0.2, 0.25) is 0 Å². The summed E-state index contributed by atoms with van der Waals surface area (Å²) in [5.74, 6) is 0.569. The van der Waals surface area contributed by atoms with Crippen LogP contribution in [0.3, 0.4) is 0 Å². The second kappa shape index (κ2) is 4.62. The smallest absolute Gasteiger partial charge is 0.111 e. The summed E-state index contributed by atoms with van der Waals surface area (Å²) in [6.45, 7) is 4.40. The summed E-state index contributed by atoms with van der Waals surface area (Å²) in [5, 5.41) is 0. The van der Waals surface area contributed by atoms with Crippen LogP contribution in [0.1, 0.15) is 25.3 Å². The maximum atomic E-state index is 5.26. The van der Waals surface area contributed by atoms with E-state index < -0.39 is 0 Å².